The van der Waals surface area contributed by atoms with Crippen LogP contribution in [0.4, 0.5) is 0 Å². The lowest BCUT2D eigenvalue weighted by Crippen LogP contribution is -2.54. The average Bonchev–Trinajstić information content (AvgIpc) is 1.71. The van der Waals surface area contributed by atoms with Gasteiger partial charge in [0.15, 0.2) is 0 Å². The van der Waals surface area contributed by atoms with Crippen LogP contribution >= 0.6 is 0 Å². The number of rotatable bonds is 3. The topological polar surface area (TPSA) is 80.8 Å². The fraction of sp³-hybridized carbons (Fsp3) is 1.00. The lowest BCUT2D eigenvalue weighted by Gasteiger charge is -2.35. The first-order valence-electron chi connectivity index (χ1n) is 3.52. The molecule has 13 heavy (non-hydrogen) atoms. The van der Waals surface area contributed by atoms with E-state index < -0.39 is 26.2 Å². The van der Waals surface area contributed by atoms with Crippen molar-refractivity contribution in [2.45, 2.75) is 6.10 Å². The Hall–Kier alpha value is -0.180. The maximum absolute atomic E-state index is 10.8. The molecule has 1 fully saturated rings. The van der Waals surface area contributed by atoms with Gasteiger partial charge in [0.05, 0.1) is 12.5 Å². The number of sulfonamides is 1. The van der Waals surface area contributed by atoms with Crippen molar-refractivity contribution in [3.63, 3.8) is 0 Å². The minimum absolute atomic E-state index is 0.117. The number of hydrogen-bond donors (Lipinski definition) is 0. The molecule has 0 amide bonds. The molecule has 0 spiro atoms. The van der Waals surface area contributed by atoms with Gasteiger partial charge in [-0.15, -0.1) is 0 Å². The Morgan fingerprint density at radius 1 is 1.15 bits per heavy atom. The summed E-state index contributed by atoms with van der Waals surface area (Å²) in [6.07, 6.45) is 1.49. The summed E-state index contributed by atoms with van der Waals surface area (Å²) in [6, 6.07) is 0. The summed E-state index contributed by atoms with van der Waals surface area (Å²) in [7, 11) is -6.67. The first-order valence-corrected chi connectivity index (χ1v) is 7.18. The first kappa shape index (κ1) is 10.9. The molecule has 1 saturated heterocycles. The molecule has 1 aliphatic rings. The zero-order valence-corrected chi connectivity index (χ0v) is 8.93. The molecular formula is C5H11NO5S2. The molecule has 6 nitrogen and oxygen atoms in total. The molecular weight excluding hydrogens is 218 g/mol. The van der Waals surface area contributed by atoms with Gasteiger partial charge in [-0.3, -0.25) is 4.18 Å². The van der Waals surface area contributed by atoms with E-state index in [1.165, 1.54) is 0 Å². The van der Waals surface area contributed by atoms with Crippen LogP contribution in [-0.2, 0) is 24.3 Å². The van der Waals surface area contributed by atoms with Crippen LogP contribution in [0.5, 0.6) is 0 Å². The molecule has 0 N–H and O–H groups in total. The van der Waals surface area contributed by atoms with Gasteiger partial charge in [-0.25, -0.2) is 8.42 Å². The molecule has 0 aromatic carbocycles. The van der Waals surface area contributed by atoms with Crippen LogP contribution in [0, 0.1) is 0 Å². The maximum atomic E-state index is 10.8. The largest absolute Gasteiger partial charge is 0.264 e. The van der Waals surface area contributed by atoms with Gasteiger partial charge in [0.1, 0.15) is 6.10 Å². The van der Waals surface area contributed by atoms with E-state index in [2.05, 4.69) is 4.18 Å². The van der Waals surface area contributed by atoms with E-state index in [1.54, 1.807) is 0 Å². The highest BCUT2D eigenvalue weighted by Crippen LogP contribution is 2.16. The zero-order chi connectivity index (χ0) is 10.3. The van der Waals surface area contributed by atoms with Crippen molar-refractivity contribution in [3.05, 3.63) is 0 Å². The van der Waals surface area contributed by atoms with E-state index in [4.69, 9.17) is 0 Å². The van der Waals surface area contributed by atoms with Gasteiger partial charge >= 0.3 is 0 Å². The van der Waals surface area contributed by atoms with Crippen molar-refractivity contribution in [1.29, 1.82) is 0 Å². The molecule has 0 saturated carbocycles. The normalized spacial score (nSPS) is 21.4. The molecule has 0 aliphatic carbocycles. The molecule has 0 bridgehead atoms. The van der Waals surface area contributed by atoms with Gasteiger partial charge in [0.2, 0.25) is 10.0 Å². The van der Waals surface area contributed by atoms with Gasteiger partial charge in [-0.1, -0.05) is 0 Å². The SMILES string of the molecule is CS(=O)(=O)OC1CN(S(C)(=O)=O)C1. The van der Waals surface area contributed by atoms with E-state index in [-0.39, 0.29) is 13.1 Å². The Morgan fingerprint density at radius 3 is 1.92 bits per heavy atom. The lowest BCUT2D eigenvalue weighted by atomic mass is 10.2. The summed E-state index contributed by atoms with van der Waals surface area (Å²) < 4.78 is 48.6. The van der Waals surface area contributed by atoms with E-state index >= 15 is 0 Å². The zero-order valence-electron chi connectivity index (χ0n) is 7.30. The van der Waals surface area contributed by atoms with Crippen LogP contribution in [0.25, 0.3) is 0 Å². The summed E-state index contributed by atoms with van der Waals surface area (Å²) in [5, 5.41) is 0. The summed E-state index contributed by atoms with van der Waals surface area (Å²) >= 11 is 0. The molecule has 0 aromatic rings. The van der Waals surface area contributed by atoms with Gasteiger partial charge < -0.3 is 0 Å². The van der Waals surface area contributed by atoms with Crippen molar-refractivity contribution < 1.29 is 21.0 Å². The van der Waals surface area contributed by atoms with Gasteiger partial charge in [-0.05, 0) is 0 Å². The van der Waals surface area contributed by atoms with Crippen molar-refractivity contribution in [1.82, 2.24) is 4.31 Å². The molecule has 1 rings (SSSR count). The minimum atomic E-state index is -3.47. The second-order valence-corrected chi connectivity index (χ2v) is 6.59. The number of nitrogens with zero attached hydrogens (tertiary/aromatic N) is 1. The predicted molar refractivity (Wildman–Crippen MR) is 46.1 cm³/mol. The van der Waals surface area contributed by atoms with Crippen molar-refractivity contribution >= 4 is 20.1 Å². The van der Waals surface area contributed by atoms with Crippen LogP contribution in [-0.4, -0.2) is 52.8 Å². The summed E-state index contributed by atoms with van der Waals surface area (Å²) in [5.41, 5.74) is 0. The monoisotopic (exact) mass is 229 g/mol. The Labute approximate surface area is 77.7 Å². The van der Waals surface area contributed by atoms with E-state index in [0.29, 0.717) is 0 Å². The molecule has 8 heteroatoms. The maximum Gasteiger partial charge on any atom is 0.264 e. The Morgan fingerprint density at radius 2 is 1.62 bits per heavy atom. The predicted octanol–water partition coefficient (Wildman–Crippen LogP) is -1.39. The smallest absolute Gasteiger partial charge is 0.264 e. The molecule has 0 aromatic heterocycles. The standard InChI is InChI=1S/C5H11NO5S2/c1-12(7,8)6-3-5(4-6)11-13(2,9)10/h5H,3-4H2,1-2H3. The molecule has 0 unspecified atom stereocenters. The minimum Gasteiger partial charge on any atom is -0.264 e. The average molecular weight is 229 g/mol. The molecule has 1 heterocycles. The van der Waals surface area contributed by atoms with Gasteiger partial charge in [0, 0.05) is 13.1 Å². The Balaban J connectivity index is 2.44. The summed E-state index contributed by atoms with van der Waals surface area (Å²) in [4.78, 5) is 0. The quantitative estimate of drug-likeness (QED) is 0.556. The highest BCUT2D eigenvalue weighted by molar-refractivity contribution is 7.88. The highest BCUT2D eigenvalue weighted by Gasteiger charge is 2.35. The second-order valence-electron chi connectivity index (χ2n) is 3.00. The van der Waals surface area contributed by atoms with Crippen LogP contribution < -0.4 is 0 Å². The molecule has 78 valence electrons. The van der Waals surface area contributed by atoms with Gasteiger partial charge in [0.25, 0.3) is 10.1 Å². The van der Waals surface area contributed by atoms with Crippen LogP contribution in [0.1, 0.15) is 0 Å². The lowest BCUT2D eigenvalue weighted by molar-refractivity contribution is 0.0835. The Bertz CT molecular complexity index is 377. The number of hydrogen-bond acceptors (Lipinski definition) is 5. The highest BCUT2D eigenvalue weighted by atomic mass is 32.2. The van der Waals surface area contributed by atoms with E-state index in [9.17, 15) is 16.8 Å². The second kappa shape index (κ2) is 3.19. The molecule has 0 atom stereocenters. The van der Waals surface area contributed by atoms with Crippen molar-refractivity contribution in [3.8, 4) is 0 Å². The fourth-order valence-electron chi connectivity index (χ4n) is 0.980. The van der Waals surface area contributed by atoms with Gasteiger partial charge in [-0.2, -0.15) is 12.7 Å². The van der Waals surface area contributed by atoms with Crippen LogP contribution in [0.3, 0.4) is 0 Å². The first-order chi connectivity index (χ1) is 5.68. The van der Waals surface area contributed by atoms with Crippen LogP contribution in [0.15, 0.2) is 0 Å². The van der Waals surface area contributed by atoms with Crippen LogP contribution in [0.2, 0.25) is 0 Å². The van der Waals surface area contributed by atoms with E-state index in [0.717, 1.165) is 16.8 Å². The molecule has 1 aliphatic heterocycles. The third kappa shape index (κ3) is 3.22. The van der Waals surface area contributed by atoms with Crippen molar-refractivity contribution in [2.24, 2.45) is 0 Å². The summed E-state index contributed by atoms with van der Waals surface area (Å²) in [5.74, 6) is 0. The van der Waals surface area contributed by atoms with Crippen molar-refractivity contribution in [2.75, 3.05) is 25.6 Å². The fourth-order valence-corrected chi connectivity index (χ4v) is 2.47. The third-order valence-electron chi connectivity index (χ3n) is 1.59. The third-order valence-corrected chi connectivity index (χ3v) is 3.45. The van der Waals surface area contributed by atoms with E-state index in [1.807, 2.05) is 0 Å². The molecule has 0 radical (unpaired) electrons. The summed E-state index contributed by atoms with van der Waals surface area (Å²) in [6.45, 7) is 0.234. The Kier molecular flexibility index (Phi) is 2.68.